The fourth-order valence-electron chi connectivity index (χ4n) is 0.961. The molecule has 0 bridgehead atoms. The van der Waals surface area contributed by atoms with E-state index in [4.69, 9.17) is 15.6 Å². The number of nitrogens with two attached hydrogens (primary N) is 1. The van der Waals surface area contributed by atoms with Gasteiger partial charge in [-0.1, -0.05) is 15.9 Å². The quantitative estimate of drug-likeness (QED) is 0.841. The number of carbonyl (C=O) groups excluding carboxylic acids is 1. The predicted octanol–water partition coefficient (Wildman–Crippen LogP) is 0.805. The monoisotopic (exact) mass is 259 g/mol. The maximum absolute atomic E-state index is 10.5. The smallest absolute Gasteiger partial charge is 0.255 e. The number of carbonyl (C=O) groups is 1. The summed E-state index contributed by atoms with van der Waals surface area (Å²) in [6, 6.07) is 5.14. The van der Waals surface area contributed by atoms with E-state index >= 15 is 0 Å². The van der Waals surface area contributed by atoms with Gasteiger partial charge in [0, 0.05) is 10.0 Å². The number of rotatable bonds is 4. The van der Waals surface area contributed by atoms with Gasteiger partial charge in [0.05, 0.1) is 6.61 Å². The van der Waals surface area contributed by atoms with Crippen LogP contribution in [0.2, 0.25) is 0 Å². The van der Waals surface area contributed by atoms with Crippen LogP contribution in [0.15, 0.2) is 22.7 Å². The molecule has 0 aromatic heterocycles. The van der Waals surface area contributed by atoms with Crippen LogP contribution in [0.5, 0.6) is 5.75 Å². The maximum Gasteiger partial charge on any atom is 0.255 e. The highest BCUT2D eigenvalue weighted by Gasteiger charge is 2.04. The van der Waals surface area contributed by atoms with Gasteiger partial charge in [0.15, 0.2) is 6.61 Å². The minimum absolute atomic E-state index is 0.145. The number of benzene rings is 1. The predicted molar refractivity (Wildman–Crippen MR) is 54.8 cm³/mol. The number of primary amides is 1. The summed E-state index contributed by atoms with van der Waals surface area (Å²) in [4.78, 5) is 10.5. The molecule has 4 nitrogen and oxygen atoms in total. The van der Waals surface area contributed by atoms with Gasteiger partial charge < -0.3 is 15.6 Å². The molecule has 0 heterocycles. The van der Waals surface area contributed by atoms with Crippen LogP contribution in [0, 0.1) is 0 Å². The van der Waals surface area contributed by atoms with Crippen LogP contribution in [0.25, 0.3) is 0 Å². The summed E-state index contributed by atoms with van der Waals surface area (Å²) in [6.45, 7) is -0.331. The van der Waals surface area contributed by atoms with Crippen molar-refractivity contribution in [2.45, 2.75) is 6.61 Å². The molecular weight excluding hydrogens is 250 g/mol. The Morgan fingerprint density at radius 1 is 1.57 bits per heavy atom. The molecule has 1 aromatic carbocycles. The van der Waals surface area contributed by atoms with Crippen molar-refractivity contribution in [3.63, 3.8) is 0 Å². The van der Waals surface area contributed by atoms with Gasteiger partial charge in [-0.3, -0.25) is 4.79 Å². The van der Waals surface area contributed by atoms with E-state index in [2.05, 4.69) is 15.9 Å². The summed E-state index contributed by atoms with van der Waals surface area (Å²) in [5.74, 6) is -0.0775. The average molecular weight is 260 g/mol. The van der Waals surface area contributed by atoms with Crippen molar-refractivity contribution in [3.8, 4) is 5.75 Å². The van der Waals surface area contributed by atoms with Crippen LogP contribution in [0.1, 0.15) is 5.56 Å². The Morgan fingerprint density at radius 3 is 2.86 bits per heavy atom. The van der Waals surface area contributed by atoms with Crippen LogP contribution in [0.3, 0.4) is 0 Å². The molecule has 0 atom stereocenters. The van der Waals surface area contributed by atoms with Gasteiger partial charge in [-0.05, 0) is 18.2 Å². The van der Waals surface area contributed by atoms with Crippen molar-refractivity contribution in [1.29, 1.82) is 0 Å². The second kappa shape index (κ2) is 4.97. The number of aliphatic hydroxyl groups excluding tert-OH is 1. The molecule has 0 saturated heterocycles. The van der Waals surface area contributed by atoms with Crippen molar-refractivity contribution in [2.24, 2.45) is 5.73 Å². The van der Waals surface area contributed by atoms with E-state index < -0.39 is 5.91 Å². The first-order valence-corrected chi connectivity index (χ1v) is 4.73. The summed E-state index contributed by atoms with van der Waals surface area (Å²) in [5.41, 5.74) is 5.54. The highest BCUT2D eigenvalue weighted by molar-refractivity contribution is 9.10. The third kappa shape index (κ3) is 3.01. The first-order chi connectivity index (χ1) is 6.63. The zero-order valence-electron chi connectivity index (χ0n) is 7.37. The van der Waals surface area contributed by atoms with E-state index in [0.717, 1.165) is 4.47 Å². The van der Waals surface area contributed by atoms with Crippen molar-refractivity contribution < 1.29 is 14.6 Å². The molecule has 0 aliphatic carbocycles. The van der Waals surface area contributed by atoms with Crippen LogP contribution in [0.4, 0.5) is 0 Å². The molecule has 0 aliphatic rings. The average Bonchev–Trinajstić information content (AvgIpc) is 2.15. The third-order valence-electron chi connectivity index (χ3n) is 1.56. The molecule has 0 spiro atoms. The van der Waals surface area contributed by atoms with Crippen molar-refractivity contribution in [3.05, 3.63) is 28.2 Å². The van der Waals surface area contributed by atoms with E-state index in [1.807, 2.05) is 0 Å². The van der Waals surface area contributed by atoms with E-state index in [1.165, 1.54) is 0 Å². The second-order valence-corrected chi connectivity index (χ2v) is 3.58. The largest absolute Gasteiger partial charge is 0.483 e. The topological polar surface area (TPSA) is 72.6 Å². The minimum atomic E-state index is -0.545. The maximum atomic E-state index is 10.5. The van der Waals surface area contributed by atoms with Crippen molar-refractivity contribution >= 4 is 21.8 Å². The molecule has 0 fully saturated rings. The summed E-state index contributed by atoms with van der Waals surface area (Å²) in [6.07, 6.45) is 0. The Hall–Kier alpha value is -1.07. The van der Waals surface area contributed by atoms with E-state index in [-0.39, 0.29) is 13.2 Å². The number of halogens is 1. The van der Waals surface area contributed by atoms with Gasteiger partial charge in [-0.25, -0.2) is 0 Å². The molecule has 3 N–H and O–H groups in total. The molecule has 5 heteroatoms. The van der Waals surface area contributed by atoms with Gasteiger partial charge in [0.25, 0.3) is 5.91 Å². The lowest BCUT2D eigenvalue weighted by atomic mass is 10.2. The summed E-state index contributed by atoms with van der Waals surface area (Å²) in [7, 11) is 0. The molecule has 76 valence electrons. The van der Waals surface area contributed by atoms with Crippen LogP contribution in [-0.4, -0.2) is 17.6 Å². The first-order valence-electron chi connectivity index (χ1n) is 3.94. The Bertz CT molecular complexity index is 341. The van der Waals surface area contributed by atoms with Gasteiger partial charge in [0.1, 0.15) is 5.75 Å². The van der Waals surface area contributed by atoms with Gasteiger partial charge in [-0.2, -0.15) is 0 Å². The molecule has 0 radical (unpaired) electrons. The fourth-order valence-corrected chi connectivity index (χ4v) is 1.37. The lowest BCUT2D eigenvalue weighted by Crippen LogP contribution is -2.20. The van der Waals surface area contributed by atoms with Crippen LogP contribution in [-0.2, 0) is 11.4 Å². The number of amides is 1. The number of hydrogen-bond acceptors (Lipinski definition) is 3. The SMILES string of the molecule is NC(=O)COc1ccc(Br)cc1CO. The molecule has 1 rings (SSSR count). The van der Waals surface area contributed by atoms with E-state index in [9.17, 15) is 4.79 Å². The number of ether oxygens (including phenoxy) is 1. The summed E-state index contributed by atoms with van der Waals surface area (Å²) < 4.78 is 5.93. The van der Waals surface area contributed by atoms with Crippen LogP contribution >= 0.6 is 15.9 Å². The lowest BCUT2D eigenvalue weighted by Gasteiger charge is -2.08. The van der Waals surface area contributed by atoms with Crippen molar-refractivity contribution in [2.75, 3.05) is 6.61 Å². The van der Waals surface area contributed by atoms with Gasteiger partial charge in [0.2, 0.25) is 0 Å². The standard InChI is InChI=1S/C9H10BrNO3/c10-7-1-2-8(6(3-7)4-12)14-5-9(11)13/h1-3,12H,4-5H2,(H2,11,13). The normalized spacial score (nSPS) is 9.86. The minimum Gasteiger partial charge on any atom is -0.483 e. The summed E-state index contributed by atoms with van der Waals surface area (Å²) >= 11 is 3.26. The Labute approximate surface area is 89.8 Å². The van der Waals surface area contributed by atoms with E-state index in [1.54, 1.807) is 18.2 Å². The highest BCUT2D eigenvalue weighted by atomic mass is 79.9. The zero-order valence-corrected chi connectivity index (χ0v) is 8.95. The number of hydrogen-bond donors (Lipinski definition) is 2. The Kier molecular flexibility index (Phi) is 3.91. The molecule has 0 saturated carbocycles. The van der Waals surface area contributed by atoms with Gasteiger partial charge >= 0.3 is 0 Å². The number of aliphatic hydroxyl groups is 1. The molecule has 1 amide bonds. The van der Waals surface area contributed by atoms with Crippen molar-refractivity contribution in [1.82, 2.24) is 0 Å². The van der Waals surface area contributed by atoms with E-state index in [0.29, 0.717) is 11.3 Å². The molecule has 14 heavy (non-hydrogen) atoms. The Morgan fingerprint density at radius 2 is 2.29 bits per heavy atom. The highest BCUT2D eigenvalue weighted by Crippen LogP contribution is 2.22. The molecule has 0 unspecified atom stereocenters. The molecule has 1 aromatic rings. The third-order valence-corrected chi connectivity index (χ3v) is 2.06. The van der Waals surface area contributed by atoms with Gasteiger partial charge in [-0.15, -0.1) is 0 Å². The second-order valence-electron chi connectivity index (χ2n) is 2.67. The van der Waals surface area contributed by atoms with Crippen LogP contribution < -0.4 is 10.5 Å². The Balaban J connectivity index is 2.80. The fraction of sp³-hybridized carbons (Fsp3) is 0.222. The lowest BCUT2D eigenvalue weighted by molar-refractivity contribution is -0.119. The summed E-state index contributed by atoms with van der Waals surface area (Å²) in [5, 5.41) is 8.99. The first kappa shape index (κ1) is 11.0. The molecule has 0 aliphatic heterocycles. The zero-order chi connectivity index (χ0) is 10.6. The molecular formula is C9H10BrNO3.